The van der Waals surface area contributed by atoms with Crippen LogP contribution in [0.2, 0.25) is 0 Å². The Kier molecular flexibility index (Phi) is 4.44. The van der Waals surface area contributed by atoms with Gasteiger partial charge in [0.1, 0.15) is 22.2 Å². The van der Waals surface area contributed by atoms with E-state index in [0.717, 1.165) is 59.2 Å². The lowest BCUT2D eigenvalue weighted by atomic mass is 10.2. The quantitative estimate of drug-likeness (QED) is 0.752. The number of fused-ring (bicyclic) bond motifs is 1. The molecule has 0 amide bonds. The van der Waals surface area contributed by atoms with Crippen molar-refractivity contribution in [3.8, 4) is 5.75 Å². The first-order chi connectivity index (χ1) is 12.3. The highest BCUT2D eigenvalue weighted by molar-refractivity contribution is 7.16. The van der Waals surface area contributed by atoms with Crippen molar-refractivity contribution >= 4 is 33.1 Å². The smallest absolute Gasteiger partial charge is 0.142 e. The van der Waals surface area contributed by atoms with Crippen LogP contribution < -0.4 is 15.0 Å². The average molecular weight is 354 g/mol. The molecule has 1 atom stereocenters. The minimum absolute atomic E-state index is 0.368. The normalized spacial score (nSPS) is 17.2. The maximum atomic E-state index is 5.51. The van der Waals surface area contributed by atoms with Crippen LogP contribution in [0.3, 0.4) is 0 Å². The van der Waals surface area contributed by atoms with Crippen LogP contribution in [0, 0.1) is 0 Å². The number of methoxy groups -OCH3 is 1. The number of para-hydroxylation sites is 2. The molecule has 25 heavy (non-hydrogen) atoms. The lowest BCUT2D eigenvalue weighted by molar-refractivity contribution is 0.415. The molecule has 1 fully saturated rings. The van der Waals surface area contributed by atoms with E-state index in [9.17, 15) is 0 Å². The first-order valence-corrected chi connectivity index (χ1v) is 9.55. The highest BCUT2D eigenvalue weighted by atomic mass is 32.1. The van der Waals surface area contributed by atoms with Crippen molar-refractivity contribution in [3.05, 3.63) is 41.5 Å². The molecule has 1 aliphatic heterocycles. The molecule has 1 unspecified atom stereocenters. The molecule has 4 rings (SSSR count). The molecule has 6 heteroatoms. The Morgan fingerprint density at radius 2 is 2.16 bits per heavy atom. The van der Waals surface area contributed by atoms with Crippen molar-refractivity contribution in [3.63, 3.8) is 0 Å². The summed E-state index contributed by atoms with van der Waals surface area (Å²) in [5.41, 5.74) is 1.16. The van der Waals surface area contributed by atoms with Crippen LogP contribution in [0.5, 0.6) is 5.75 Å². The number of nitrogens with zero attached hydrogens (tertiary/aromatic N) is 3. The number of anilines is 2. The van der Waals surface area contributed by atoms with Gasteiger partial charge in [0.05, 0.1) is 18.2 Å². The summed E-state index contributed by atoms with van der Waals surface area (Å²) in [6, 6.07) is 10.7. The molecular formula is C19H22N4OS. The lowest BCUT2D eigenvalue weighted by Crippen LogP contribution is -2.26. The van der Waals surface area contributed by atoms with E-state index >= 15 is 0 Å². The molecule has 0 radical (unpaired) electrons. The number of thiophene rings is 1. The van der Waals surface area contributed by atoms with Crippen molar-refractivity contribution in [2.24, 2.45) is 0 Å². The van der Waals surface area contributed by atoms with E-state index in [4.69, 9.17) is 9.72 Å². The zero-order valence-corrected chi connectivity index (χ0v) is 15.3. The first-order valence-electron chi connectivity index (χ1n) is 8.67. The number of ether oxygens (including phenoxy) is 1. The second-order valence-corrected chi connectivity index (χ2v) is 7.12. The van der Waals surface area contributed by atoms with Gasteiger partial charge in [-0.05, 0) is 30.0 Å². The van der Waals surface area contributed by atoms with E-state index < -0.39 is 0 Å². The Morgan fingerprint density at radius 1 is 1.28 bits per heavy atom. The largest absolute Gasteiger partial charge is 0.495 e. The summed E-state index contributed by atoms with van der Waals surface area (Å²) in [7, 11) is 1.73. The van der Waals surface area contributed by atoms with Gasteiger partial charge in [0, 0.05) is 25.6 Å². The van der Waals surface area contributed by atoms with Gasteiger partial charge in [-0.2, -0.15) is 0 Å². The summed E-state index contributed by atoms with van der Waals surface area (Å²) >= 11 is 1.67. The van der Waals surface area contributed by atoms with Crippen molar-refractivity contribution in [1.82, 2.24) is 9.97 Å². The molecule has 3 aromatic rings. The monoisotopic (exact) mass is 354 g/mol. The van der Waals surface area contributed by atoms with Crippen molar-refractivity contribution in [2.75, 3.05) is 30.4 Å². The number of aryl methyl sites for hydroxylation is 1. The SMILES string of the molecule is CCc1nc(NC2CCN(c3ccccc3OC)C2)c2ccsc2n1. The number of aromatic nitrogens is 2. The fourth-order valence-electron chi connectivity index (χ4n) is 3.35. The van der Waals surface area contributed by atoms with E-state index in [1.54, 1.807) is 18.4 Å². The zero-order chi connectivity index (χ0) is 17.2. The average Bonchev–Trinajstić information content (AvgIpc) is 3.30. The van der Waals surface area contributed by atoms with Crippen LogP contribution in [0.15, 0.2) is 35.7 Å². The minimum atomic E-state index is 0.368. The maximum absolute atomic E-state index is 5.51. The molecule has 1 saturated heterocycles. The number of rotatable bonds is 5. The molecule has 0 aliphatic carbocycles. The summed E-state index contributed by atoms with van der Waals surface area (Å²) in [4.78, 5) is 12.8. The fourth-order valence-corrected chi connectivity index (χ4v) is 4.13. The van der Waals surface area contributed by atoms with Gasteiger partial charge in [0.2, 0.25) is 0 Å². The molecule has 0 bridgehead atoms. The maximum Gasteiger partial charge on any atom is 0.142 e. The fraction of sp³-hybridized carbons (Fsp3) is 0.368. The molecule has 1 aromatic carbocycles. The van der Waals surface area contributed by atoms with Crippen LogP contribution in [0.25, 0.3) is 10.2 Å². The standard InChI is InChI=1S/C19H22N4OS/c1-3-17-21-18(14-9-11-25-19(14)22-17)20-13-8-10-23(12-13)15-6-4-5-7-16(15)24-2/h4-7,9,11,13H,3,8,10,12H2,1-2H3,(H,20,21,22). The van der Waals surface area contributed by atoms with Gasteiger partial charge < -0.3 is 15.0 Å². The van der Waals surface area contributed by atoms with Gasteiger partial charge in [-0.25, -0.2) is 9.97 Å². The van der Waals surface area contributed by atoms with Gasteiger partial charge in [0.25, 0.3) is 0 Å². The lowest BCUT2D eigenvalue weighted by Gasteiger charge is -2.21. The van der Waals surface area contributed by atoms with Gasteiger partial charge in [-0.15, -0.1) is 11.3 Å². The number of benzene rings is 1. The van der Waals surface area contributed by atoms with Crippen LogP contribution in [0.4, 0.5) is 11.5 Å². The van der Waals surface area contributed by atoms with Gasteiger partial charge in [0.15, 0.2) is 0 Å². The summed E-state index contributed by atoms with van der Waals surface area (Å²) < 4.78 is 5.51. The Morgan fingerprint density at radius 3 is 3.00 bits per heavy atom. The third kappa shape index (κ3) is 3.14. The number of hydrogen-bond donors (Lipinski definition) is 1. The van der Waals surface area contributed by atoms with E-state index in [2.05, 4.69) is 45.7 Å². The molecule has 0 spiro atoms. The molecule has 3 heterocycles. The van der Waals surface area contributed by atoms with Crippen LogP contribution in [-0.2, 0) is 6.42 Å². The minimum Gasteiger partial charge on any atom is -0.495 e. The number of hydrogen-bond acceptors (Lipinski definition) is 6. The Labute approximate surface area is 151 Å². The molecule has 130 valence electrons. The topological polar surface area (TPSA) is 50.3 Å². The summed E-state index contributed by atoms with van der Waals surface area (Å²) in [6.07, 6.45) is 1.93. The third-order valence-electron chi connectivity index (χ3n) is 4.64. The molecule has 2 aromatic heterocycles. The highest BCUT2D eigenvalue weighted by Crippen LogP contribution is 2.32. The van der Waals surface area contributed by atoms with Crippen LogP contribution in [0.1, 0.15) is 19.2 Å². The van der Waals surface area contributed by atoms with Crippen molar-refractivity contribution in [2.45, 2.75) is 25.8 Å². The predicted octanol–water partition coefficient (Wildman–Crippen LogP) is 3.95. The Hall–Kier alpha value is -2.34. The summed E-state index contributed by atoms with van der Waals surface area (Å²) in [5, 5.41) is 6.86. The van der Waals surface area contributed by atoms with E-state index in [1.165, 1.54) is 0 Å². The Bertz CT molecular complexity index is 879. The van der Waals surface area contributed by atoms with E-state index in [0.29, 0.717) is 6.04 Å². The molecule has 1 N–H and O–H groups in total. The Balaban J connectivity index is 1.54. The number of nitrogens with one attached hydrogen (secondary N) is 1. The second kappa shape index (κ2) is 6.88. The van der Waals surface area contributed by atoms with E-state index in [-0.39, 0.29) is 0 Å². The molecule has 0 saturated carbocycles. The van der Waals surface area contributed by atoms with Crippen LogP contribution in [-0.4, -0.2) is 36.2 Å². The summed E-state index contributed by atoms with van der Waals surface area (Å²) in [6.45, 7) is 4.05. The predicted molar refractivity (Wildman–Crippen MR) is 104 cm³/mol. The van der Waals surface area contributed by atoms with Gasteiger partial charge >= 0.3 is 0 Å². The highest BCUT2D eigenvalue weighted by Gasteiger charge is 2.25. The van der Waals surface area contributed by atoms with Crippen LogP contribution >= 0.6 is 11.3 Å². The molecule has 1 aliphatic rings. The first kappa shape index (κ1) is 16.1. The molecule has 5 nitrogen and oxygen atoms in total. The summed E-state index contributed by atoms with van der Waals surface area (Å²) in [5.74, 6) is 2.80. The second-order valence-electron chi connectivity index (χ2n) is 6.23. The van der Waals surface area contributed by atoms with Gasteiger partial charge in [-0.1, -0.05) is 19.1 Å². The van der Waals surface area contributed by atoms with Crippen molar-refractivity contribution in [1.29, 1.82) is 0 Å². The van der Waals surface area contributed by atoms with Gasteiger partial charge in [-0.3, -0.25) is 0 Å². The zero-order valence-electron chi connectivity index (χ0n) is 14.5. The van der Waals surface area contributed by atoms with Crippen molar-refractivity contribution < 1.29 is 4.74 Å². The van der Waals surface area contributed by atoms with E-state index in [1.807, 2.05) is 12.1 Å². The molecular weight excluding hydrogens is 332 g/mol. The third-order valence-corrected chi connectivity index (χ3v) is 5.45.